The zero-order chi connectivity index (χ0) is 22.3. The van der Waals surface area contributed by atoms with E-state index in [4.69, 9.17) is 0 Å². The van der Waals surface area contributed by atoms with E-state index < -0.39 is 17.8 Å². The summed E-state index contributed by atoms with van der Waals surface area (Å²) in [6.07, 6.45) is -3.05. The van der Waals surface area contributed by atoms with Crippen LogP contribution >= 0.6 is 0 Å². The van der Waals surface area contributed by atoms with E-state index in [0.717, 1.165) is 22.9 Å². The molecule has 0 aliphatic rings. The van der Waals surface area contributed by atoms with Crippen molar-refractivity contribution < 1.29 is 18.0 Å². The molecule has 0 bridgehead atoms. The first kappa shape index (κ1) is 20.6. The lowest BCUT2D eigenvalue weighted by Crippen LogP contribution is -2.23. The first-order chi connectivity index (χ1) is 14.6. The minimum atomic E-state index is -4.67. The summed E-state index contributed by atoms with van der Waals surface area (Å²) in [7, 11) is 1.78. The van der Waals surface area contributed by atoms with Gasteiger partial charge in [-0.05, 0) is 19.9 Å². The van der Waals surface area contributed by atoms with Crippen molar-refractivity contribution in [3.05, 3.63) is 70.8 Å². The Labute approximate surface area is 175 Å². The molecule has 1 N–H and O–H groups in total. The predicted molar refractivity (Wildman–Crippen MR) is 107 cm³/mol. The van der Waals surface area contributed by atoms with E-state index in [-0.39, 0.29) is 23.6 Å². The van der Waals surface area contributed by atoms with Crippen LogP contribution in [0.15, 0.2) is 42.6 Å². The van der Waals surface area contributed by atoms with Gasteiger partial charge in [0.05, 0.1) is 11.9 Å². The number of alkyl halides is 3. The molecule has 31 heavy (non-hydrogen) atoms. The van der Waals surface area contributed by atoms with E-state index in [1.54, 1.807) is 42.2 Å². The molecule has 160 valence electrons. The normalized spacial score (nSPS) is 11.8. The van der Waals surface area contributed by atoms with Crippen LogP contribution in [-0.4, -0.2) is 30.3 Å². The number of rotatable bonds is 4. The molecule has 0 saturated heterocycles. The Morgan fingerprint density at radius 2 is 1.84 bits per heavy atom. The molecule has 3 heterocycles. The quantitative estimate of drug-likeness (QED) is 0.538. The van der Waals surface area contributed by atoms with E-state index in [9.17, 15) is 18.0 Å². The Morgan fingerprint density at radius 3 is 2.45 bits per heavy atom. The number of hydrogen-bond acceptors (Lipinski definition) is 4. The van der Waals surface area contributed by atoms with Gasteiger partial charge in [0.1, 0.15) is 0 Å². The van der Waals surface area contributed by atoms with Gasteiger partial charge in [0.2, 0.25) is 0 Å². The van der Waals surface area contributed by atoms with Crippen LogP contribution in [0.25, 0.3) is 16.9 Å². The lowest BCUT2D eigenvalue weighted by atomic mass is 10.1. The number of nitrogens with zero attached hydrogens (tertiary/aromatic N) is 5. The molecule has 0 fully saturated rings. The van der Waals surface area contributed by atoms with Gasteiger partial charge in [-0.25, -0.2) is 9.50 Å². The van der Waals surface area contributed by atoms with E-state index in [0.29, 0.717) is 10.1 Å². The summed E-state index contributed by atoms with van der Waals surface area (Å²) in [6, 6.07) is 9.18. The minimum Gasteiger partial charge on any atom is -0.346 e. The molecular weight excluding hydrogens is 409 g/mol. The molecule has 0 unspecified atom stereocenters. The zero-order valence-electron chi connectivity index (χ0n) is 17.0. The summed E-state index contributed by atoms with van der Waals surface area (Å²) in [6.45, 7) is 3.92. The minimum absolute atomic E-state index is 0.0619. The third kappa shape index (κ3) is 4.00. The fourth-order valence-corrected chi connectivity index (χ4v) is 3.14. The molecule has 0 atom stereocenters. The van der Waals surface area contributed by atoms with Crippen LogP contribution in [0.4, 0.5) is 13.2 Å². The van der Waals surface area contributed by atoms with Crippen LogP contribution in [0.2, 0.25) is 0 Å². The number of carbonyl (C=O) groups excluding carboxylic acids is 1. The second-order valence-electron chi connectivity index (χ2n) is 7.25. The molecule has 4 rings (SSSR count). The number of aryl methyl sites for hydroxylation is 2. The number of fused-ring (bicyclic) bond motifs is 1. The molecule has 0 radical (unpaired) electrons. The molecule has 0 spiro atoms. The van der Waals surface area contributed by atoms with Crippen LogP contribution in [-0.2, 0) is 19.8 Å². The first-order valence-electron chi connectivity index (χ1n) is 9.44. The van der Waals surface area contributed by atoms with Crippen LogP contribution < -0.4 is 5.32 Å². The maximum atomic E-state index is 13.7. The van der Waals surface area contributed by atoms with Gasteiger partial charge in [0.15, 0.2) is 17.0 Å². The second kappa shape index (κ2) is 7.53. The second-order valence-corrected chi connectivity index (χ2v) is 7.25. The van der Waals surface area contributed by atoms with Crippen molar-refractivity contribution in [2.45, 2.75) is 26.6 Å². The third-order valence-electron chi connectivity index (χ3n) is 5.07. The molecule has 4 aromatic rings. The van der Waals surface area contributed by atoms with Gasteiger partial charge in [-0.2, -0.15) is 23.4 Å². The average Bonchev–Trinajstić information content (AvgIpc) is 3.29. The highest BCUT2D eigenvalue weighted by molar-refractivity contribution is 5.93. The lowest BCUT2D eigenvalue weighted by Gasteiger charge is -2.11. The molecule has 3 aromatic heterocycles. The summed E-state index contributed by atoms with van der Waals surface area (Å²) >= 11 is 0. The van der Waals surface area contributed by atoms with Gasteiger partial charge in [0.25, 0.3) is 5.91 Å². The molecule has 7 nitrogen and oxygen atoms in total. The van der Waals surface area contributed by atoms with E-state index >= 15 is 0 Å². The highest BCUT2D eigenvalue weighted by Gasteiger charge is 2.35. The monoisotopic (exact) mass is 428 g/mol. The van der Waals surface area contributed by atoms with Crippen molar-refractivity contribution in [2.24, 2.45) is 7.05 Å². The Bertz CT molecular complexity index is 1270. The number of carbonyl (C=O) groups is 1. The molecule has 0 saturated carbocycles. The zero-order valence-corrected chi connectivity index (χ0v) is 17.0. The molecule has 1 aromatic carbocycles. The number of aromatic nitrogens is 5. The molecule has 0 aliphatic heterocycles. The molecule has 0 aliphatic carbocycles. The summed E-state index contributed by atoms with van der Waals surface area (Å²) in [4.78, 5) is 16.8. The van der Waals surface area contributed by atoms with Crippen molar-refractivity contribution >= 4 is 11.6 Å². The Kier molecular flexibility index (Phi) is 5.00. The summed E-state index contributed by atoms with van der Waals surface area (Å²) < 4.78 is 43.4. The van der Waals surface area contributed by atoms with Crippen molar-refractivity contribution in [1.82, 2.24) is 29.7 Å². The Balaban J connectivity index is 1.70. The van der Waals surface area contributed by atoms with Gasteiger partial charge >= 0.3 is 6.18 Å². The van der Waals surface area contributed by atoms with Crippen molar-refractivity contribution in [1.29, 1.82) is 0 Å². The number of halogens is 3. The summed E-state index contributed by atoms with van der Waals surface area (Å²) in [5.41, 5.74) is 2.13. The SMILES string of the molecule is Cc1ccc(-c2cc(C(F)(F)F)n3nc(C(=O)NCc4cnn(C)c4C)cc3n2)cc1. The van der Waals surface area contributed by atoms with Crippen molar-refractivity contribution in [3.63, 3.8) is 0 Å². The van der Waals surface area contributed by atoms with E-state index in [1.165, 1.54) is 6.07 Å². The van der Waals surface area contributed by atoms with Crippen molar-refractivity contribution in [3.8, 4) is 11.3 Å². The summed E-state index contributed by atoms with van der Waals surface area (Å²) in [5, 5.41) is 10.6. The topological polar surface area (TPSA) is 77.1 Å². The van der Waals surface area contributed by atoms with Crippen LogP contribution in [0.3, 0.4) is 0 Å². The van der Waals surface area contributed by atoms with Gasteiger partial charge < -0.3 is 5.32 Å². The van der Waals surface area contributed by atoms with E-state index in [2.05, 4.69) is 20.5 Å². The number of hydrogen-bond donors (Lipinski definition) is 1. The van der Waals surface area contributed by atoms with Gasteiger partial charge in [0, 0.05) is 36.5 Å². The number of benzene rings is 1. The standard InChI is InChI=1S/C21H19F3N6O/c1-12-4-6-14(7-5-12)16-8-18(21(22,23)24)30-19(27-16)9-17(28-30)20(31)25-10-15-11-26-29(3)13(15)2/h4-9,11H,10H2,1-3H3,(H,25,31). The maximum absolute atomic E-state index is 13.7. The lowest BCUT2D eigenvalue weighted by molar-refractivity contribution is -0.142. The van der Waals surface area contributed by atoms with Gasteiger partial charge in [-0.15, -0.1) is 0 Å². The van der Waals surface area contributed by atoms with Crippen LogP contribution in [0.1, 0.15) is 33.0 Å². The van der Waals surface area contributed by atoms with E-state index in [1.807, 2.05) is 13.8 Å². The summed E-state index contributed by atoms with van der Waals surface area (Å²) in [5.74, 6) is -0.598. The van der Waals surface area contributed by atoms with Crippen LogP contribution in [0, 0.1) is 13.8 Å². The van der Waals surface area contributed by atoms with Crippen molar-refractivity contribution in [2.75, 3.05) is 0 Å². The molecule has 10 heteroatoms. The highest BCUT2D eigenvalue weighted by Crippen LogP contribution is 2.32. The Morgan fingerprint density at radius 1 is 1.13 bits per heavy atom. The predicted octanol–water partition coefficient (Wildman–Crippen LogP) is 3.70. The maximum Gasteiger partial charge on any atom is 0.433 e. The van der Waals surface area contributed by atoms with Gasteiger partial charge in [-0.1, -0.05) is 29.8 Å². The fraction of sp³-hybridized carbons (Fsp3) is 0.238. The average molecular weight is 428 g/mol. The molecular formula is C21H19F3N6O. The smallest absolute Gasteiger partial charge is 0.346 e. The first-order valence-corrected chi connectivity index (χ1v) is 9.44. The largest absolute Gasteiger partial charge is 0.433 e. The number of nitrogens with one attached hydrogen (secondary N) is 1. The molecule has 1 amide bonds. The number of amides is 1. The Hall–Kier alpha value is -3.69. The third-order valence-corrected chi connectivity index (χ3v) is 5.07. The highest BCUT2D eigenvalue weighted by atomic mass is 19.4. The van der Waals surface area contributed by atoms with Gasteiger partial charge in [-0.3, -0.25) is 9.48 Å². The van der Waals surface area contributed by atoms with Crippen LogP contribution in [0.5, 0.6) is 0 Å². The fourth-order valence-electron chi connectivity index (χ4n) is 3.14.